The quantitative estimate of drug-likeness (QED) is 0.687. The molecule has 2 aromatic rings. The summed E-state index contributed by atoms with van der Waals surface area (Å²) in [6, 6.07) is 7.24. The maximum Gasteiger partial charge on any atom is 0.155 e. The number of rotatable bonds is 2. The monoisotopic (exact) mass is 193 g/mol. The van der Waals surface area contributed by atoms with E-state index in [1.165, 1.54) is 0 Å². The molecular weight excluding hydrogens is 188 g/mol. The predicted molar refractivity (Wildman–Crippen MR) is 50.5 cm³/mol. The number of benzene rings is 1. The maximum absolute atomic E-state index is 10.4. The fourth-order valence-electron chi connectivity index (χ4n) is 1.17. The van der Waals surface area contributed by atoms with Crippen molar-refractivity contribution in [2.24, 2.45) is 0 Å². The first-order valence-electron chi connectivity index (χ1n) is 3.76. The van der Waals surface area contributed by atoms with Gasteiger partial charge in [-0.05, 0) is 17.7 Å². The first-order chi connectivity index (χ1) is 6.31. The molecule has 0 bridgehead atoms. The lowest BCUT2D eigenvalue weighted by molar-refractivity contribution is -0.105. The number of fused-ring (bicyclic) bond motifs is 1. The van der Waals surface area contributed by atoms with Gasteiger partial charge < -0.3 is 9.21 Å². The van der Waals surface area contributed by atoms with E-state index < -0.39 is 0 Å². The highest BCUT2D eigenvalue weighted by molar-refractivity contribution is 6.37. The minimum atomic E-state index is 0.193. The number of furan rings is 1. The smallest absolute Gasteiger partial charge is 0.155 e. The molecule has 13 heavy (non-hydrogen) atoms. The minimum absolute atomic E-state index is 0.193. The summed E-state index contributed by atoms with van der Waals surface area (Å²) in [7, 11) is 0. The lowest BCUT2D eigenvalue weighted by Gasteiger charge is -1.99. The van der Waals surface area contributed by atoms with Crippen molar-refractivity contribution < 1.29 is 9.21 Å². The van der Waals surface area contributed by atoms with Gasteiger partial charge in [-0.25, -0.2) is 0 Å². The van der Waals surface area contributed by atoms with Crippen molar-refractivity contribution in [1.29, 1.82) is 0 Å². The molecule has 0 N–H and O–H groups in total. The highest BCUT2D eigenvalue weighted by atomic mass is 35.5. The number of hydrogen-bond donors (Lipinski definition) is 0. The number of aldehydes is 1. The van der Waals surface area contributed by atoms with Crippen LogP contribution in [0.1, 0.15) is 5.56 Å². The van der Waals surface area contributed by atoms with Crippen molar-refractivity contribution in [3.8, 4) is 0 Å². The molecule has 0 unspecified atom stereocenters. The van der Waals surface area contributed by atoms with E-state index in [4.69, 9.17) is 16.0 Å². The summed E-state index contributed by atoms with van der Waals surface area (Å²) in [6.45, 7) is 0. The zero-order valence-electron chi connectivity index (χ0n) is 6.66. The van der Waals surface area contributed by atoms with Crippen LogP contribution in [0.2, 0.25) is 0 Å². The van der Waals surface area contributed by atoms with Gasteiger partial charge in [-0.2, -0.15) is 0 Å². The van der Waals surface area contributed by atoms with Crippen molar-refractivity contribution in [2.45, 2.75) is 0 Å². The third kappa shape index (κ3) is 1.45. The molecule has 1 heterocycles. The Kier molecular flexibility index (Phi) is 2.07. The standard InChI is InChI=1S/C10H6ClO2/c11-9(6-12)8-2-1-7-3-4-13-10(7)5-8/h1-6H. The molecule has 1 aromatic heterocycles. The molecule has 1 radical (unpaired) electrons. The van der Waals surface area contributed by atoms with Crippen LogP contribution >= 0.6 is 11.6 Å². The summed E-state index contributed by atoms with van der Waals surface area (Å²) in [5, 5.41) is 1.19. The van der Waals surface area contributed by atoms with E-state index in [1.807, 2.05) is 12.1 Å². The molecule has 65 valence electrons. The number of carbonyl (C=O) groups is 1. The van der Waals surface area contributed by atoms with E-state index in [0.29, 0.717) is 11.8 Å². The van der Waals surface area contributed by atoms with Gasteiger partial charge in [0.1, 0.15) is 11.9 Å². The molecule has 3 heteroatoms. The molecule has 0 aliphatic rings. The normalized spacial score (nSPS) is 10.9. The van der Waals surface area contributed by atoms with Crippen molar-refractivity contribution >= 4 is 28.9 Å². The second-order valence-corrected chi connectivity index (χ2v) is 3.05. The molecule has 0 aliphatic heterocycles. The molecule has 0 amide bonds. The Bertz CT molecular complexity index is 433. The number of halogens is 1. The molecule has 0 saturated heterocycles. The van der Waals surface area contributed by atoms with Gasteiger partial charge in [0.05, 0.1) is 6.26 Å². The highest BCUT2D eigenvalue weighted by Crippen LogP contribution is 2.22. The first-order valence-corrected chi connectivity index (χ1v) is 4.14. The maximum atomic E-state index is 10.4. The number of carbonyl (C=O) groups excluding carboxylic acids is 1. The predicted octanol–water partition coefficient (Wildman–Crippen LogP) is 2.75. The first kappa shape index (κ1) is 8.32. The number of hydrogen-bond acceptors (Lipinski definition) is 2. The summed E-state index contributed by atoms with van der Waals surface area (Å²) < 4.78 is 5.17. The van der Waals surface area contributed by atoms with Gasteiger partial charge in [0.25, 0.3) is 0 Å². The lowest BCUT2D eigenvalue weighted by Crippen LogP contribution is -1.90. The van der Waals surface area contributed by atoms with E-state index >= 15 is 0 Å². The molecular formula is C10H6ClO2. The average Bonchev–Trinajstić information content (AvgIpc) is 2.63. The fraction of sp³-hybridized carbons (Fsp3) is 0. The largest absolute Gasteiger partial charge is 0.464 e. The summed E-state index contributed by atoms with van der Waals surface area (Å²) in [4.78, 5) is 10.4. The van der Waals surface area contributed by atoms with Crippen LogP contribution in [0.5, 0.6) is 0 Å². The lowest BCUT2D eigenvalue weighted by atomic mass is 10.1. The molecule has 0 spiro atoms. The van der Waals surface area contributed by atoms with E-state index in [2.05, 4.69) is 0 Å². The fourth-order valence-corrected chi connectivity index (χ4v) is 1.29. The minimum Gasteiger partial charge on any atom is -0.464 e. The van der Waals surface area contributed by atoms with E-state index in [1.54, 1.807) is 18.4 Å². The van der Waals surface area contributed by atoms with Crippen molar-refractivity contribution in [2.75, 3.05) is 0 Å². The summed E-state index contributed by atoms with van der Waals surface area (Å²) >= 11 is 5.66. The molecule has 1 aromatic carbocycles. The summed E-state index contributed by atoms with van der Waals surface area (Å²) in [5.41, 5.74) is 1.41. The van der Waals surface area contributed by atoms with E-state index in [0.717, 1.165) is 11.0 Å². The van der Waals surface area contributed by atoms with Gasteiger partial charge in [0.15, 0.2) is 5.38 Å². The third-order valence-corrected chi connectivity index (χ3v) is 2.14. The van der Waals surface area contributed by atoms with Crippen LogP contribution in [-0.4, -0.2) is 6.29 Å². The topological polar surface area (TPSA) is 30.2 Å². The van der Waals surface area contributed by atoms with Crippen LogP contribution in [0.25, 0.3) is 11.0 Å². The van der Waals surface area contributed by atoms with Gasteiger partial charge in [0, 0.05) is 5.39 Å². The molecule has 0 saturated carbocycles. The van der Waals surface area contributed by atoms with Gasteiger partial charge in [0.2, 0.25) is 0 Å². The Labute approximate surface area is 80.1 Å². The van der Waals surface area contributed by atoms with Crippen LogP contribution < -0.4 is 0 Å². The molecule has 0 atom stereocenters. The second-order valence-electron chi connectivity index (χ2n) is 2.64. The van der Waals surface area contributed by atoms with Crippen molar-refractivity contribution in [3.63, 3.8) is 0 Å². The Morgan fingerprint density at radius 2 is 2.23 bits per heavy atom. The van der Waals surface area contributed by atoms with E-state index in [9.17, 15) is 4.79 Å². The highest BCUT2D eigenvalue weighted by Gasteiger charge is 2.08. The Balaban J connectivity index is 2.53. The Morgan fingerprint density at radius 3 is 3.00 bits per heavy atom. The van der Waals surface area contributed by atoms with Crippen LogP contribution in [0.15, 0.2) is 34.9 Å². The SMILES string of the molecule is O=C[C](Cl)c1ccc2ccoc2c1. The molecule has 0 fully saturated rings. The summed E-state index contributed by atoms with van der Waals surface area (Å²) in [5.74, 6) is 0. The molecule has 0 aliphatic carbocycles. The van der Waals surface area contributed by atoms with Crippen LogP contribution in [0.4, 0.5) is 0 Å². The van der Waals surface area contributed by atoms with Gasteiger partial charge in [-0.3, -0.25) is 0 Å². The Hall–Kier alpha value is -1.28. The van der Waals surface area contributed by atoms with E-state index in [-0.39, 0.29) is 5.38 Å². The summed E-state index contributed by atoms with van der Waals surface area (Å²) in [6.07, 6.45) is 2.22. The Morgan fingerprint density at radius 1 is 1.38 bits per heavy atom. The molecule has 2 rings (SSSR count). The molecule has 2 nitrogen and oxygen atoms in total. The van der Waals surface area contributed by atoms with Crippen molar-refractivity contribution in [3.05, 3.63) is 41.5 Å². The second kappa shape index (κ2) is 3.23. The van der Waals surface area contributed by atoms with Crippen LogP contribution in [-0.2, 0) is 4.79 Å². The van der Waals surface area contributed by atoms with Crippen LogP contribution in [0, 0.1) is 5.38 Å². The third-order valence-electron chi connectivity index (χ3n) is 1.84. The average molecular weight is 194 g/mol. The zero-order valence-corrected chi connectivity index (χ0v) is 7.41. The van der Waals surface area contributed by atoms with Crippen LogP contribution in [0.3, 0.4) is 0 Å². The van der Waals surface area contributed by atoms with Gasteiger partial charge in [-0.1, -0.05) is 12.1 Å². The zero-order chi connectivity index (χ0) is 9.26. The van der Waals surface area contributed by atoms with Gasteiger partial charge in [-0.15, -0.1) is 11.6 Å². The van der Waals surface area contributed by atoms with Crippen molar-refractivity contribution in [1.82, 2.24) is 0 Å². The van der Waals surface area contributed by atoms with Gasteiger partial charge >= 0.3 is 0 Å².